The molecule has 0 bridgehead atoms. The highest BCUT2D eigenvalue weighted by Gasteiger charge is 2.30. The topological polar surface area (TPSA) is 74.2 Å². The number of hydrogen-bond donors (Lipinski definition) is 1. The monoisotopic (exact) mass is 267 g/mol. The van der Waals surface area contributed by atoms with Crippen molar-refractivity contribution in [3.63, 3.8) is 0 Å². The minimum absolute atomic E-state index is 0.0951. The Hall–Kier alpha value is -0.940. The third kappa shape index (κ3) is 3.34. The Kier molecular flexibility index (Phi) is 4.93. The largest absolute Gasteiger partial charge is 0.370 e. The van der Waals surface area contributed by atoms with Crippen molar-refractivity contribution in [2.45, 2.75) is 64.5 Å². The summed E-state index contributed by atoms with van der Waals surface area (Å²) in [6, 6.07) is 0.145. The summed E-state index contributed by atoms with van der Waals surface area (Å²) < 4.78 is 11.1. The molecule has 3 atom stereocenters. The molecule has 0 spiro atoms. The van der Waals surface area contributed by atoms with Crippen molar-refractivity contribution in [1.82, 2.24) is 10.1 Å². The first-order valence-corrected chi connectivity index (χ1v) is 7.34. The Balaban J connectivity index is 2.12. The van der Waals surface area contributed by atoms with Gasteiger partial charge in [0, 0.05) is 12.6 Å². The van der Waals surface area contributed by atoms with Crippen molar-refractivity contribution in [2.75, 3.05) is 6.61 Å². The molecule has 1 aliphatic rings. The molecule has 0 aliphatic heterocycles. The number of rotatable bonds is 5. The maximum Gasteiger partial charge on any atom is 0.231 e. The minimum atomic E-state index is -0.0951. The van der Waals surface area contributed by atoms with Crippen LogP contribution in [-0.2, 0) is 4.74 Å². The van der Waals surface area contributed by atoms with Crippen molar-refractivity contribution >= 4 is 0 Å². The summed E-state index contributed by atoms with van der Waals surface area (Å²) in [5.74, 6) is 1.88. The lowest BCUT2D eigenvalue weighted by molar-refractivity contribution is 0.0217. The third-order valence-electron chi connectivity index (χ3n) is 3.80. The maximum absolute atomic E-state index is 6.16. The van der Waals surface area contributed by atoms with Crippen molar-refractivity contribution < 1.29 is 9.26 Å². The summed E-state index contributed by atoms with van der Waals surface area (Å²) in [5.41, 5.74) is 6.16. The van der Waals surface area contributed by atoms with E-state index in [1.165, 1.54) is 12.8 Å². The van der Waals surface area contributed by atoms with Gasteiger partial charge < -0.3 is 15.0 Å². The fourth-order valence-electron chi connectivity index (χ4n) is 2.72. The fraction of sp³-hybridized carbons (Fsp3) is 0.857. The van der Waals surface area contributed by atoms with Crippen LogP contribution in [0.2, 0.25) is 0 Å². The molecule has 1 aliphatic carbocycles. The predicted octanol–water partition coefficient (Wildman–Crippen LogP) is 2.79. The van der Waals surface area contributed by atoms with Crippen LogP contribution in [0.5, 0.6) is 0 Å². The van der Waals surface area contributed by atoms with Gasteiger partial charge in [-0.1, -0.05) is 31.8 Å². The van der Waals surface area contributed by atoms with Gasteiger partial charge in [-0.3, -0.25) is 0 Å². The van der Waals surface area contributed by atoms with Crippen LogP contribution in [0.3, 0.4) is 0 Å². The lowest BCUT2D eigenvalue weighted by Gasteiger charge is -2.25. The summed E-state index contributed by atoms with van der Waals surface area (Å²) >= 11 is 0. The van der Waals surface area contributed by atoms with E-state index in [-0.39, 0.29) is 18.1 Å². The molecule has 19 heavy (non-hydrogen) atoms. The van der Waals surface area contributed by atoms with E-state index in [0.717, 1.165) is 12.8 Å². The molecule has 0 amide bonds. The van der Waals surface area contributed by atoms with E-state index < -0.39 is 0 Å². The summed E-state index contributed by atoms with van der Waals surface area (Å²) in [4.78, 5) is 4.54. The van der Waals surface area contributed by atoms with E-state index in [9.17, 15) is 0 Å². The van der Waals surface area contributed by atoms with Crippen LogP contribution in [0.25, 0.3) is 0 Å². The normalized spacial score (nSPS) is 25.7. The van der Waals surface area contributed by atoms with Gasteiger partial charge in [0.2, 0.25) is 11.7 Å². The number of nitrogens with zero attached hydrogens (tertiary/aromatic N) is 2. The van der Waals surface area contributed by atoms with E-state index >= 15 is 0 Å². The Bertz CT molecular complexity index is 373. The average molecular weight is 267 g/mol. The standard InChI is InChI=1S/C14H25N3O2/c1-4-18-12(9(2)3)13-16-14(19-17-13)10-7-5-6-8-11(10)15/h9-12H,4-8,15H2,1-3H3. The van der Waals surface area contributed by atoms with Gasteiger partial charge >= 0.3 is 0 Å². The summed E-state index contributed by atoms with van der Waals surface area (Å²) in [6.07, 6.45) is 4.38. The number of ether oxygens (including phenoxy) is 1. The van der Waals surface area contributed by atoms with Crippen molar-refractivity contribution in [3.05, 3.63) is 11.7 Å². The molecule has 5 heteroatoms. The van der Waals surface area contributed by atoms with Crippen LogP contribution in [0.15, 0.2) is 4.52 Å². The van der Waals surface area contributed by atoms with Crippen LogP contribution in [0.4, 0.5) is 0 Å². The molecule has 2 rings (SSSR count). The molecule has 1 heterocycles. The number of aromatic nitrogens is 2. The Morgan fingerprint density at radius 3 is 2.74 bits per heavy atom. The molecule has 0 saturated heterocycles. The zero-order chi connectivity index (χ0) is 13.8. The van der Waals surface area contributed by atoms with Crippen molar-refractivity contribution in [2.24, 2.45) is 11.7 Å². The number of nitrogens with two attached hydrogens (primary N) is 1. The first kappa shape index (κ1) is 14.5. The van der Waals surface area contributed by atoms with Crippen LogP contribution < -0.4 is 5.73 Å². The Morgan fingerprint density at radius 1 is 1.37 bits per heavy atom. The van der Waals surface area contributed by atoms with Gasteiger partial charge in [0.25, 0.3) is 0 Å². The second kappa shape index (κ2) is 6.48. The summed E-state index contributed by atoms with van der Waals surface area (Å²) in [6.45, 7) is 6.83. The third-order valence-corrected chi connectivity index (χ3v) is 3.80. The molecule has 1 saturated carbocycles. The molecule has 2 N–H and O–H groups in total. The van der Waals surface area contributed by atoms with E-state index in [0.29, 0.717) is 24.2 Å². The molecule has 0 radical (unpaired) electrons. The van der Waals surface area contributed by atoms with Gasteiger partial charge in [0.05, 0.1) is 5.92 Å². The van der Waals surface area contributed by atoms with Gasteiger partial charge in [-0.15, -0.1) is 0 Å². The summed E-state index contributed by atoms with van der Waals surface area (Å²) in [7, 11) is 0. The molecule has 1 aromatic rings. The summed E-state index contributed by atoms with van der Waals surface area (Å²) in [5, 5.41) is 4.10. The highest BCUT2D eigenvalue weighted by atomic mass is 16.5. The van der Waals surface area contributed by atoms with Crippen LogP contribution >= 0.6 is 0 Å². The molecular weight excluding hydrogens is 242 g/mol. The zero-order valence-electron chi connectivity index (χ0n) is 12.1. The van der Waals surface area contributed by atoms with E-state index in [2.05, 4.69) is 24.0 Å². The Morgan fingerprint density at radius 2 is 2.11 bits per heavy atom. The molecule has 1 fully saturated rings. The van der Waals surface area contributed by atoms with Crippen molar-refractivity contribution in [1.29, 1.82) is 0 Å². The first-order valence-electron chi connectivity index (χ1n) is 7.34. The minimum Gasteiger partial charge on any atom is -0.370 e. The first-order chi connectivity index (χ1) is 9.13. The number of hydrogen-bond acceptors (Lipinski definition) is 5. The average Bonchev–Trinajstić information content (AvgIpc) is 2.85. The zero-order valence-corrected chi connectivity index (χ0v) is 12.1. The second-order valence-corrected chi connectivity index (χ2v) is 5.67. The molecule has 108 valence electrons. The molecule has 0 aromatic carbocycles. The Labute approximate surface area is 114 Å². The van der Waals surface area contributed by atoms with Crippen LogP contribution in [0, 0.1) is 5.92 Å². The van der Waals surface area contributed by atoms with Gasteiger partial charge in [-0.05, 0) is 25.7 Å². The van der Waals surface area contributed by atoms with Crippen molar-refractivity contribution in [3.8, 4) is 0 Å². The fourth-order valence-corrected chi connectivity index (χ4v) is 2.72. The highest BCUT2D eigenvalue weighted by Crippen LogP contribution is 2.32. The lowest BCUT2D eigenvalue weighted by Crippen LogP contribution is -2.31. The molecule has 1 aromatic heterocycles. The lowest BCUT2D eigenvalue weighted by atomic mass is 9.85. The van der Waals surface area contributed by atoms with Gasteiger partial charge in [-0.2, -0.15) is 4.98 Å². The van der Waals surface area contributed by atoms with Gasteiger partial charge in [0.15, 0.2) is 0 Å². The van der Waals surface area contributed by atoms with E-state index in [1.54, 1.807) is 0 Å². The SMILES string of the molecule is CCOC(c1noc(C2CCCCC2N)n1)C(C)C. The maximum atomic E-state index is 6.16. The van der Waals surface area contributed by atoms with E-state index in [1.807, 2.05) is 6.92 Å². The smallest absolute Gasteiger partial charge is 0.231 e. The van der Waals surface area contributed by atoms with Crippen LogP contribution in [-0.4, -0.2) is 22.8 Å². The second-order valence-electron chi connectivity index (χ2n) is 5.67. The van der Waals surface area contributed by atoms with Crippen LogP contribution in [0.1, 0.15) is 70.2 Å². The molecule has 5 nitrogen and oxygen atoms in total. The highest BCUT2D eigenvalue weighted by molar-refractivity contribution is 5.02. The predicted molar refractivity (Wildman–Crippen MR) is 72.7 cm³/mol. The van der Waals surface area contributed by atoms with E-state index in [4.69, 9.17) is 15.0 Å². The molecule has 3 unspecified atom stereocenters. The quantitative estimate of drug-likeness (QED) is 0.888. The molecular formula is C14H25N3O2. The van der Waals surface area contributed by atoms with Gasteiger partial charge in [0.1, 0.15) is 6.10 Å². The van der Waals surface area contributed by atoms with Gasteiger partial charge in [-0.25, -0.2) is 0 Å².